The Morgan fingerprint density at radius 1 is 1.14 bits per heavy atom. The van der Waals surface area contributed by atoms with Crippen LogP contribution in [0.1, 0.15) is 5.56 Å². The zero-order valence-corrected chi connectivity index (χ0v) is 12.0. The lowest BCUT2D eigenvalue weighted by Crippen LogP contribution is -1.99. The van der Waals surface area contributed by atoms with Gasteiger partial charge in [-0.1, -0.05) is 6.07 Å². The number of aromatic nitrogens is 1. The molecule has 22 heavy (non-hydrogen) atoms. The molecule has 0 bridgehead atoms. The molecule has 2 N–H and O–H groups in total. The lowest BCUT2D eigenvalue weighted by Gasteiger charge is -2.09. The number of halogens is 2. The number of anilines is 1. The lowest BCUT2D eigenvalue weighted by atomic mass is 9.99. The fourth-order valence-corrected chi connectivity index (χ4v) is 2.86. The molecule has 0 aliphatic carbocycles. The number of thiophene rings is 1. The van der Waals surface area contributed by atoms with Crippen LogP contribution in [-0.4, -0.2) is 4.98 Å². The molecule has 1 aromatic carbocycles. The van der Waals surface area contributed by atoms with Crippen LogP contribution in [0.25, 0.3) is 21.7 Å². The fraction of sp³-hybridized carbons (Fsp3) is 0. The van der Waals surface area contributed by atoms with E-state index in [4.69, 9.17) is 5.73 Å². The van der Waals surface area contributed by atoms with Gasteiger partial charge in [0.15, 0.2) is 0 Å². The first-order chi connectivity index (χ1) is 10.6. The highest BCUT2D eigenvalue weighted by atomic mass is 32.1. The molecular weight excluding hydrogens is 304 g/mol. The first-order valence-electron chi connectivity index (χ1n) is 6.29. The molecule has 0 unspecified atom stereocenters. The van der Waals surface area contributed by atoms with E-state index in [1.807, 2.05) is 23.6 Å². The molecule has 0 radical (unpaired) electrons. The van der Waals surface area contributed by atoms with Gasteiger partial charge in [0.2, 0.25) is 0 Å². The summed E-state index contributed by atoms with van der Waals surface area (Å²) in [6.07, 6.45) is 0. The lowest BCUT2D eigenvalue weighted by molar-refractivity contribution is 0.584. The zero-order valence-electron chi connectivity index (χ0n) is 11.2. The molecule has 3 aromatic rings. The molecule has 0 spiro atoms. The van der Waals surface area contributed by atoms with E-state index in [1.165, 1.54) is 11.3 Å². The van der Waals surface area contributed by atoms with E-state index in [1.54, 1.807) is 6.07 Å². The number of hydrogen-bond acceptors (Lipinski definition) is 4. The van der Waals surface area contributed by atoms with Crippen molar-refractivity contribution >= 4 is 17.2 Å². The second-order valence-corrected chi connectivity index (χ2v) is 5.51. The quantitative estimate of drug-likeness (QED) is 0.771. The van der Waals surface area contributed by atoms with E-state index in [-0.39, 0.29) is 16.9 Å². The van der Waals surface area contributed by atoms with Crippen LogP contribution >= 0.6 is 11.3 Å². The number of hydrogen-bond donors (Lipinski definition) is 1. The van der Waals surface area contributed by atoms with E-state index >= 15 is 0 Å². The van der Waals surface area contributed by atoms with Crippen molar-refractivity contribution in [1.29, 1.82) is 5.26 Å². The second-order valence-electron chi connectivity index (χ2n) is 4.56. The SMILES string of the molecule is N#Cc1c(-c2cc(F)cc(F)c2)cc(-c2cccs2)nc1N. The molecule has 3 nitrogen and oxygen atoms in total. The van der Waals surface area contributed by atoms with Crippen LogP contribution in [0.5, 0.6) is 0 Å². The van der Waals surface area contributed by atoms with Crippen LogP contribution in [0, 0.1) is 23.0 Å². The number of nitrogens with two attached hydrogens (primary N) is 1. The van der Waals surface area contributed by atoms with E-state index in [9.17, 15) is 14.0 Å². The Bertz CT molecular complexity index is 863. The van der Waals surface area contributed by atoms with E-state index in [0.29, 0.717) is 11.3 Å². The monoisotopic (exact) mass is 313 g/mol. The molecule has 2 heterocycles. The van der Waals surface area contributed by atoms with Gasteiger partial charge in [-0.05, 0) is 35.2 Å². The summed E-state index contributed by atoms with van der Waals surface area (Å²) < 4.78 is 26.9. The topological polar surface area (TPSA) is 62.7 Å². The molecule has 0 fully saturated rings. The summed E-state index contributed by atoms with van der Waals surface area (Å²) in [5, 5.41) is 11.1. The van der Waals surface area contributed by atoms with Gasteiger partial charge in [-0.25, -0.2) is 13.8 Å². The summed E-state index contributed by atoms with van der Waals surface area (Å²) in [6.45, 7) is 0. The average molecular weight is 313 g/mol. The predicted octanol–water partition coefficient (Wildman–Crippen LogP) is 4.21. The third kappa shape index (κ3) is 2.54. The summed E-state index contributed by atoms with van der Waals surface area (Å²) in [7, 11) is 0. The van der Waals surface area contributed by atoms with Crippen LogP contribution in [0.2, 0.25) is 0 Å². The van der Waals surface area contributed by atoms with Crippen LogP contribution in [0.15, 0.2) is 41.8 Å². The van der Waals surface area contributed by atoms with Gasteiger partial charge in [0, 0.05) is 11.6 Å². The Morgan fingerprint density at radius 3 is 2.45 bits per heavy atom. The van der Waals surface area contributed by atoms with Crippen LogP contribution < -0.4 is 5.73 Å². The maximum absolute atomic E-state index is 13.5. The highest BCUT2D eigenvalue weighted by Gasteiger charge is 2.15. The summed E-state index contributed by atoms with van der Waals surface area (Å²) in [6, 6.07) is 10.4. The fourth-order valence-electron chi connectivity index (χ4n) is 2.17. The van der Waals surface area contributed by atoms with Gasteiger partial charge in [0.05, 0.1) is 10.6 Å². The van der Waals surface area contributed by atoms with E-state index in [0.717, 1.165) is 23.1 Å². The maximum atomic E-state index is 13.5. The van der Waals surface area contributed by atoms with Crippen molar-refractivity contribution in [2.75, 3.05) is 5.73 Å². The molecule has 0 saturated carbocycles. The molecule has 2 aromatic heterocycles. The maximum Gasteiger partial charge on any atom is 0.142 e. The zero-order chi connectivity index (χ0) is 15.7. The third-order valence-corrected chi connectivity index (χ3v) is 4.00. The minimum atomic E-state index is -0.716. The van der Waals surface area contributed by atoms with Gasteiger partial charge in [-0.2, -0.15) is 5.26 Å². The van der Waals surface area contributed by atoms with Gasteiger partial charge in [0.25, 0.3) is 0 Å². The molecule has 6 heteroatoms. The predicted molar refractivity (Wildman–Crippen MR) is 82.0 cm³/mol. The number of pyridine rings is 1. The van der Waals surface area contributed by atoms with Crippen molar-refractivity contribution in [3.8, 4) is 27.8 Å². The van der Waals surface area contributed by atoms with Gasteiger partial charge in [-0.3, -0.25) is 0 Å². The third-order valence-electron chi connectivity index (χ3n) is 3.11. The minimum absolute atomic E-state index is 0.0352. The Kier molecular flexibility index (Phi) is 3.57. The minimum Gasteiger partial charge on any atom is -0.383 e. The van der Waals surface area contributed by atoms with Crippen LogP contribution in [0.4, 0.5) is 14.6 Å². The molecule has 0 aliphatic rings. The highest BCUT2D eigenvalue weighted by Crippen LogP contribution is 2.33. The summed E-state index contributed by atoms with van der Waals surface area (Å²) in [4.78, 5) is 5.05. The smallest absolute Gasteiger partial charge is 0.142 e. The Morgan fingerprint density at radius 2 is 1.86 bits per heavy atom. The number of nitriles is 1. The summed E-state index contributed by atoms with van der Waals surface area (Å²) in [5.74, 6) is -1.40. The van der Waals surface area contributed by atoms with Crippen molar-refractivity contribution in [3.05, 3.63) is 59.0 Å². The van der Waals surface area contributed by atoms with Crippen molar-refractivity contribution < 1.29 is 8.78 Å². The van der Waals surface area contributed by atoms with E-state index in [2.05, 4.69) is 4.98 Å². The van der Waals surface area contributed by atoms with Crippen molar-refractivity contribution in [1.82, 2.24) is 4.98 Å². The first kappa shape index (κ1) is 14.2. The summed E-state index contributed by atoms with van der Waals surface area (Å²) >= 11 is 1.46. The van der Waals surface area contributed by atoms with Crippen LogP contribution in [-0.2, 0) is 0 Å². The molecule has 0 atom stereocenters. The highest BCUT2D eigenvalue weighted by molar-refractivity contribution is 7.13. The second kappa shape index (κ2) is 5.54. The van der Waals surface area contributed by atoms with Crippen molar-refractivity contribution in [2.45, 2.75) is 0 Å². The Balaban J connectivity index is 2.27. The van der Waals surface area contributed by atoms with Crippen LogP contribution in [0.3, 0.4) is 0 Å². The average Bonchev–Trinajstić information content (AvgIpc) is 2.99. The summed E-state index contributed by atoms with van der Waals surface area (Å²) in [5.41, 5.74) is 7.11. The number of nitrogens with zero attached hydrogens (tertiary/aromatic N) is 2. The Hall–Kier alpha value is -2.78. The van der Waals surface area contributed by atoms with Crippen molar-refractivity contribution in [2.24, 2.45) is 0 Å². The van der Waals surface area contributed by atoms with Gasteiger partial charge in [-0.15, -0.1) is 11.3 Å². The number of rotatable bonds is 2. The van der Waals surface area contributed by atoms with Gasteiger partial charge < -0.3 is 5.73 Å². The van der Waals surface area contributed by atoms with Crippen molar-refractivity contribution in [3.63, 3.8) is 0 Å². The molecule has 0 aliphatic heterocycles. The first-order valence-corrected chi connectivity index (χ1v) is 7.17. The molecule has 3 rings (SSSR count). The van der Waals surface area contributed by atoms with E-state index < -0.39 is 11.6 Å². The molecular formula is C16H9F2N3S. The molecule has 0 saturated heterocycles. The Labute approximate surface area is 129 Å². The molecule has 0 amide bonds. The van der Waals surface area contributed by atoms with Gasteiger partial charge >= 0.3 is 0 Å². The number of nitrogen functional groups attached to an aromatic ring is 1. The van der Waals surface area contributed by atoms with Gasteiger partial charge in [0.1, 0.15) is 29.1 Å². The normalized spacial score (nSPS) is 10.4. The molecule has 108 valence electrons. The number of benzene rings is 1. The largest absolute Gasteiger partial charge is 0.383 e. The standard InChI is InChI=1S/C16H9F2N3S/c17-10-4-9(5-11(18)6-10)12-7-14(15-2-1-3-22-15)21-16(20)13(12)8-19/h1-7H,(H2,20,21).